The number of nitrogens with two attached hydrogens (primary N) is 1. The van der Waals surface area contributed by atoms with E-state index in [-0.39, 0.29) is 0 Å². The number of hydrogen-bond donors (Lipinski definition) is 2. The molecule has 1 aliphatic heterocycles. The Labute approximate surface area is 115 Å². The first-order chi connectivity index (χ1) is 9.81. The van der Waals surface area contributed by atoms with E-state index in [9.17, 15) is 0 Å². The van der Waals surface area contributed by atoms with E-state index in [4.69, 9.17) is 15.3 Å². The number of hydrazine groups is 1. The van der Waals surface area contributed by atoms with Crippen LogP contribution in [0.3, 0.4) is 0 Å². The number of hydrogen-bond acceptors (Lipinski definition) is 8. The zero-order chi connectivity index (χ0) is 13.9. The van der Waals surface area contributed by atoms with Crippen molar-refractivity contribution in [2.75, 3.05) is 19.1 Å². The van der Waals surface area contributed by atoms with Crippen LogP contribution in [-0.2, 0) is 17.8 Å². The van der Waals surface area contributed by atoms with Crippen LogP contribution in [0.2, 0.25) is 0 Å². The first-order valence-electron chi connectivity index (χ1n) is 6.12. The molecule has 1 aliphatic rings. The molecule has 20 heavy (non-hydrogen) atoms. The van der Waals surface area contributed by atoms with Crippen molar-refractivity contribution in [2.45, 2.75) is 13.0 Å². The molecule has 3 heterocycles. The fraction of sp³-hybridized carbons (Fsp3) is 0.333. The number of anilines is 1. The third-order valence-electron chi connectivity index (χ3n) is 3.04. The second-order valence-electron chi connectivity index (χ2n) is 4.21. The van der Waals surface area contributed by atoms with Crippen molar-refractivity contribution in [3.05, 3.63) is 23.7 Å². The molecule has 0 saturated heterocycles. The van der Waals surface area contributed by atoms with Crippen molar-refractivity contribution in [2.24, 2.45) is 5.84 Å². The second-order valence-corrected chi connectivity index (χ2v) is 4.21. The topological polar surface area (TPSA) is 108 Å². The van der Waals surface area contributed by atoms with Gasteiger partial charge in [0, 0.05) is 18.1 Å². The predicted molar refractivity (Wildman–Crippen MR) is 70.8 cm³/mol. The minimum absolute atomic E-state index is 0.460. The lowest BCUT2D eigenvalue weighted by atomic mass is 10.1. The molecular weight excluding hydrogens is 260 g/mol. The van der Waals surface area contributed by atoms with E-state index in [0.717, 1.165) is 17.7 Å². The third kappa shape index (κ3) is 2.26. The fourth-order valence-electron chi connectivity index (χ4n) is 2.04. The summed E-state index contributed by atoms with van der Waals surface area (Å²) in [5.41, 5.74) is 4.99. The maximum atomic E-state index is 5.52. The van der Waals surface area contributed by atoms with Crippen molar-refractivity contribution in [1.82, 2.24) is 19.9 Å². The molecule has 0 fully saturated rings. The molecule has 0 aliphatic carbocycles. The Morgan fingerprint density at radius 1 is 1.35 bits per heavy atom. The van der Waals surface area contributed by atoms with Crippen molar-refractivity contribution < 1.29 is 9.47 Å². The van der Waals surface area contributed by atoms with Crippen LogP contribution in [0.4, 0.5) is 5.82 Å². The highest BCUT2D eigenvalue weighted by atomic mass is 16.5. The van der Waals surface area contributed by atoms with E-state index in [1.54, 1.807) is 13.2 Å². The lowest BCUT2D eigenvalue weighted by molar-refractivity contribution is 0.109. The van der Waals surface area contributed by atoms with Crippen LogP contribution in [-0.4, -0.2) is 33.7 Å². The summed E-state index contributed by atoms with van der Waals surface area (Å²) in [6, 6.07) is 1.68. The number of nitrogens with one attached hydrogen (secondary N) is 1. The van der Waals surface area contributed by atoms with Gasteiger partial charge in [-0.1, -0.05) is 0 Å². The minimum Gasteiger partial charge on any atom is -0.481 e. The number of methoxy groups -OCH3 is 1. The lowest BCUT2D eigenvalue weighted by Crippen LogP contribution is -2.19. The summed E-state index contributed by atoms with van der Waals surface area (Å²) in [6.07, 6.45) is 2.14. The molecule has 0 bridgehead atoms. The molecule has 0 unspecified atom stereocenters. The van der Waals surface area contributed by atoms with E-state index in [1.165, 1.54) is 6.33 Å². The van der Waals surface area contributed by atoms with Gasteiger partial charge >= 0.3 is 0 Å². The van der Waals surface area contributed by atoms with E-state index < -0.39 is 0 Å². The van der Waals surface area contributed by atoms with Crippen LogP contribution in [0.15, 0.2) is 12.4 Å². The van der Waals surface area contributed by atoms with Crippen molar-refractivity contribution >= 4 is 5.82 Å². The van der Waals surface area contributed by atoms with Gasteiger partial charge < -0.3 is 14.9 Å². The fourth-order valence-corrected chi connectivity index (χ4v) is 2.04. The Kier molecular flexibility index (Phi) is 3.40. The van der Waals surface area contributed by atoms with Gasteiger partial charge in [0.15, 0.2) is 5.82 Å². The third-order valence-corrected chi connectivity index (χ3v) is 3.04. The summed E-state index contributed by atoms with van der Waals surface area (Å²) in [5.74, 6) is 7.03. The number of nitrogens with zero attached hydrogens (tertiary/aromatic N) is 4. The van der Waals surface area contributed by atoms with Crippen LogP contribution < -0.4 is 16.0 Å². The molecule has 0 spiro atoms. The Hall–Kier alpha value is -2.32. The van der Waals surface area contributed by atoms with E-state index in [0.29, 0.717) is 36.4 Å². The molecular formula is C12H14N6O2. The maximum Gasteiger partial charge on any atom is 0.216 e. The highest BCUT2D eigenvalue weighted by molar-refractivity contribution is 5.57. The van der Waals surface area contributed by atoms with Crippen LogP contribution in [0.5, 0.6) is 5.88 Å². The van der Waals surface area contributed by atoms with Crippen LogP contribution in [0, 0.1) is 0 Å². The summed E-state index contributed by atoms with van der Waals surface area (Å²) < 4.78 is 10.5. The lowest BCUT2D eigenvalue weighted by Gasteiger charge is -2.18. The summed E-state index contributed by atoms with van der Waals surface area (Å²) in [7, 11) is 1.55. The van der Waals surface area contributed by atoms with E-state index in [2.05, 4.69) is 25.4 Å². The summed E-state index contributed by atoms with van der Waals surface area (Å²) in [5, 5.41) is 0. The molecule has 0 atom stereocenters. The highest BCUT2D eigenvalue weighted by Crippen LogP contribution is 2.25. The average Bonchev–Trinajstić information content (AvgIpc) is 2.53. The SMILES string of the molecule is COc1cc(-c2nc3c(c(NN)n2)COCC3)ncn1. The highest BCUT2D eigenvalue weighted by Gasteiger charge is 2.19. The summed E-state index contributed by atoms with van der Waals surface area (Å²) in [4.78, 5) is 17.0. The molecule has 2 aromatic heterocycles. The average molecular weight is 274 g/mol. The Bertz CT molecular complexity index is 616. The predicted octanol–water partition coefficient (Wildman–Crippen LogP) is 0.300. The molecule has 3 rings (SSSR count). The molecule has 8 nitrogen and oxygen atoms in total. The standard InChI is InChI=1S/C12H14N6O2/c1-19-10-4-9(14-6-15-10)12-16-8-2-3-20-5-7(8)11(17-12)18-13/h4,6H,2-3,5,13H2,1H3,(H,16,17,18). The maximum absolute atomic E-state index is 5.52. The van der Waals surface area contributed by atoms with Gasteiger partial charge in [-0.3, -0.25) is 0 Å². The first kappa shape index (κ1) is 12.7. The van der Waals surface area contributed by atoms with Gasteiger partial charge in [-0.05, 0) is 0 Å². The molecule has 8 heteroatoms. The number of rotatable bonds is 3. The van der Waals surface area contributed by atoms with Crippen LogP contribution in [0.1, 0.15) is 11.3 Å². The largest absolute Gasteiger partial charge is 0.481 e. The number of fused-ring (bicyclic) bond motifs is 1. The quantitative estimate of drug-likeness (QED) is 0.607. The van der Waals surface area contributed by atoms with Crippen LogP contribution in [0.25, 0.3) is 11.5 Å². The Morgan fingerprint density at radius 3 is 3.05 bits per heavy atom. The molecule has 0 aromatic carbocycles. The van der Waals surface area contributed by atoms with E-state index >= 15 is 0 Å². The van der Waals surface area contributed by atoms with E-state index in [1.807, 2.05) is 0 Å². The molecule has 104 valence electrons. The van der Waals surface area contributed by atoms with Crippen molar-refractivity contribution in [3.8, 4) is 17.4 Å². The van der Waals surface area contributed by atoms with Gasteiger partial charge in [0.1, 0.15) is 17.8 Å². The Balaban J connectivity index is 2.09. The molecule has 3 N–H and O–H groups in total. The molecule has 0 amide bonds. The molecule has 0 radical (unpaired) electrons. The second kappa shape index (κ2) is 5.35. The first-order valence-corrected chi connectivity index (χ1v) is 6.12. The zero-order valence-corrected chi connectivity index (χ0v) is 11.0. The van der Waals surface area contributed by atoms with Crippen molar-refractivity contribution in [3.63, 3.8) is 0 Å². The minimum atomic E-state index is 0.460. The number of aromatic nitrogens is 4. The number of nitrogen functional groups attached to an aromatic ring is 1. The van der Waals surface area contributed by atoms with Gasteiger partial charge in [0.25, 0.3) is 0 Å². The van der Waals surface area contributed by atoms with Gasteiger partial charge in [0.05, 0.1) is 26.0 Å². The monoisotopic (exact) mass is 274 g/mol. The van der Waals surface area contributed by atoms with Gasteiger partial charge in [-0.15, -0.1) is 0 Å². The molecule has 2 aromatic rings. The van der Waals surface area contributed by atoms with Gasteiger partial charge in [0.2, 0.25) is 5.88 Å². The molecule has 0 saturated carbocycles. The normalized spacial score (nSPS) is 13.7. The Morgan fingerprint density at radius 2 is 2.25 bits per heavy atom. The smallest absolute Gasteiger partial charge is 0.216 e. The van der Waals surface area contributed by atoms with Crippen molar-refractivity contribution in [1.29, 1.82) is 0 Å². The summed E-state index contributed by atoms with van der Waals surface area (Å²) >= 11 is 0. The van der Waals surface area contributed by atoms with Gasteiger partial charge in [-0.25, -0.2) is 25.8 Å². The zero-order valence-electron chi connectivity index (χ0n) is 11.0. The number of ether oxygens (including phenoxy) is 2. The van der Waals surface area contributed by atoms with Gasteiger partial charge in [-0.2, -0.15) is 0 Å². The van der Waals surface area contributed by atoms with Crippen LogP contribution >= 0.6 is 0 Å². The summed E-state index contributed by atoms with van der Waals surface area (Å²) in [6.45, 7) is 1.10.